The maximum absolute atomic E-state index is 13.3. The highest BCUT2D eigenvalue weighted by Crippen LogP contribution is 2.17. The molecule has 3 atom stereocenters. The second-order valence-corrected chi connectivity index (χ2v) is 8.10. The van der Waals surface area contributed by atoms with Gasteiger partial charge in [0.1, 0.15) is 11.9 Å². The fraction of sp³-hybridized carbons (Fsp3) is 0.292. The van der Waals surface area contributed by atoms with Crippen LogP contribution >= 0.6 is 0 Å². The minimum atomic E-state index is -0.835. The highest BCUT2D eigenvalue weighted by molar-refractivity contribution is 5.99. The Morgan fingerprint density at radius 3 is 2.72 bits per heavy atom. The molecule has 7 nitrogen and oxygen atoms in total. The van der Waals surface area contributed by atoms with Crippen molar-refractivity contribution < 1.29 is 14.0 Å². The van der Waals surface area contributed by atoms with Gasteiger partial charge in [0.15, 0.2) is 0 Å². The molecule has 3 aromatic rings. The summed E-state index contributed by atoms with van der Waals surface area (Å²) in [5.74, 6) is -0.740. The van der Waals surface area contributed by atoms with Gasteiger partial charge < -0.3 is 21.7 Å². The van der Waals surface area contributed by atoms with Gasteiger partial charge in [-0.05, 0) is 55.3 Å². The number of halogens is 1. The molecule has 4 rings (SSSR count). The van der Waals surface area contributed by atoms with E-state index in [0.717, 1.165) is 16.5 Å². The summed E-state index contributed by atoms with van der Waals surface area (Å²) in [5.41, 5.74) is 7.81. The SMILES string of the molecule is NC[C@@H]1CN[C@H](C(=O)N[C@H](Cc2ccc(F)cc2)C(=O)Nc2cnc3ccccc3c2)C1. The molecule has 166 valence electrons. The van der Waals surface area contributed by atoms with Crippen molar-refractivity contribution in [3.8, 4) is 0 Å². The molecule has 1 fully saturated rings. The van der Waals surface area contributed by atoms with E-state index in [1.165, 1.54) is 12.1 Å². The van der Waals surface area contributed by atoms with Crippen LogP contribution < -0.4 is 21.7 Å². The van der Waals surface area contributed by atoms with Gasteiger partial charge in [0.05, 0.1) is 23.4 Å². The number of nitrogens with one attached hydrogen (secondary N) is 3. The molecule has 8 heteroatoms. The lowest BCUT2D eigenvalue weighted by Gasteiger charge is -2.21. The lowest BCUT2D eigenvalue weighted by Crippen LogP contribution is -2.50. The number of aromatic nitrogens is 1. The summed E-state index contributed by atoms with van der Waals surface area (Å²) in [6.07, 6.45) is 2.44. The quantitative estimate of drug-likeness (QED) is 0.454. The molecule has 2 amide bonds. The molecule has 0 aliphatic carbocycles. The topological polar surface area (TPSA) is 109 Å². The van der Waals surface area contributed by atoms with Gasteiger partial charge in [-0.1, -0.05) is 30.3 Å². The zero-order chi connectivity index (χ0) is 22.5. The Bertz CT molecular complexity index is 1100. The second-order valence-electron chi connectivity index (χ2n) is 8.10. The van der Waals surface area contributed by atoms with Crippen LogP contribution in [0.15, 0.2) is 60.8 Å². The molecule has 0 unspecified atom stereocenters. The third-order valence-electron chi connectivity index (χ3n) is 5.72. The largest absolute Gasteiger partial charge is 0.343 e. The number of para-hydroxylation sites is 1. The molecule has 1 aromatic heterocycles. The first-order chi connectivity index (χ1) is 15.5. The summed E-state index contributed by atoms with van der Waals surface area (Å²) in [6.45, 7) is 1.18. The Kier molecular flexibility index (Phi) is 6.72. The van der Waals surface area contributed by atoms with Gasteiger partial charge in [0.25, 0.3) is 0 Å². The van der Waals surface area contributed by atoms with E-state index in [0.29, 0.717) is 25.2 Å². The number of hydrogen-bond acceptors (Lipinski definition) is 5. The maximum Gasteiger partial charge on any atom is 0.247 e. The summed E-state index contributed by atoms with van der Waals surface area (Å²) in [4.78, 5) is 30.3. The van der Waals surface area contributed by atoms with E-state index in [1.54, 1.807) is 18.3 Å². The number of benzene rings is 2. The van der Waals surface area contributed by atoms with Crippen molar-refractivity contribution in [2.75, 3.05) is 18.4 Å². The second kappa shape index (κ2) is 9.84. The van der Waals surface area contributed by atoms with Crippen LogP contribution in [0.3, 0.4) is 0 Å². The van der Waals surface area contributed by atoms with Crippen LogP contribution in [0.2, 0.25) is 0 Å². The average molecular weight is 436 g/mol. The normalized spacial score (nSPS) is 18.9. The van der Waals surface area contributed by atoms with Gasteiger partial charge in [0, 0.05) is 11.8 Å². The number of nitrogens with two attached hydrogens (primary N) is 1. The van der Waals surface area contributed by atoms with Gasteiger partial charge in [0.2, 0.25) is 11.8 Å². The Morgan fingerprint density at radius 2 is 1.97 bits per heavy atom. The smallest absolute Gasteiger partial charge is 0.247 e. The maximum atomic E-state index is 13.3. The number of carbonyl (C=O) groups is 2. The molecule has 1 aliphatic rings. The highest BCUT2D eigenvalue weighted by Gasteiger charge is 2.31. The first-order valence-electron chi connectivity index (χ1n) is 10.7. The number of fused-ring (bicyclic) bond motifs is 1. The summed E-state index contributed by atoms with van der Waals surface area (Å²) in [7, 11) is 0. The Hall–Kier alpha value is -3.36. The van der Waals surface area contributed by atoms with Gasteiger partial charge >= 0.3 is 0 Å². The van der Waals surface area contributed by atoms with Gasteiger partial charge in [-0.3, -0.25) is 14.6 Å². The monoisotopic (exact) mass is 435 g/mol. The van der Waals surface area contributed by atoms with Crippen LogP contribution in [0, 0.1) is 11.7 Å². The average Bonchev–Trinajstić information content (AvgIpc) is 3.29. The van der Waals surface area contributed by atoms with Crippen molar-refractivity contribution in [1.29, 1.82) is 0 Å². The lowest BCUT2D eigenvalue weighted by molar-refractivity contribution is -0.127. The Labute approximate surface area is 185 Å². The van der Waals surface area contributed by atoms with Crippen molar-refractivity contribution in [3.63, 3.8) is 0 Å². The predicted octanol–water partition coefficient (Wildman–Crippen LogP) is 1.98. The number of carbonyl (C=O) groups excluding carboxylic acids is 2. The van der Waals surface area contributed by atoms with E-state index in [2.05, 4.69) is 20.9 Å². The molecule has 0 bridgehead atoms. The number of pyridine rings is 1. The minimum absolute atomic E-state index is 0.228. The summed E-state index contributed by atoms with van der Waals surface area (Å²) in [5, 5.41) is 9.76. The molecular formula is C24H26FN5O2. The van der Waals surface area contributed by atoms with E-state index >= 15 is 0 Å². The van der Waals surface area contributed by atoms with Gasteiger partial charge in [-0.15, -0.1) is 0 Å². The van der Waals surface area contributed by atoms with Crippen LogP contribution in [-0.4, -0.2) is 42.0 Å². The van der Waals surface area contributed by atoms with E-state index < -0.39 is 12.1 Å². The third-order valence-corrected chi connectivity index (χ3v) is 5.72. The summed E-state index contributed by atoms with van der Waals surface area (Å²) < 4.78 is 13.3. The Morgan fingerprint density at radius 1 is 1.19 bits per heavy atom. The molecular weight excluding hydrogens is 409 g/mol. The fourth-order valence-corrected chi connectivity index (χ4v) is 3.89. The Balaban J connectivity index is 1.50. The molecule has 1 aliphatic heterocycles. The number of hydrogen-bond donors (Lipinski definition) is 4. The molecule has 2 aromatic carbocycles. The van der Waals surface area contributed by atoms with Crippen molar-refractivity contribution in [2.24, 2.45) is 11.7 Å². The number of amides is 2. The van der Waals surface area contributed by atoms with Crippen LogP contribution in [0.25, 0.3) is 10.9 Å². The molecule has 32 heavy (non-hydrogen) atoms. The third kappa shape index (κ3) is 5.27. The molecule has 0 saturated carbocycles. The first kappa shape index (κ1) is 21.9. The molecule has 1 saturated heterocycles. The summed E-state index contributed by atoms with van der Waals surface area (Å²) >= 11 is 0. The number of anilines is 1. The van der Waals surface area contributed by atoms with Crippen LogP contribution in [-0.2, 0) is 16.0 Å². The fourth-order valence-electron chi connectivity index (χ4n) is 3.89. The zero-order valence-corrected chi connectivity index (χ0v) is 17.6. The van der Waals surface area contributed by atoms with E-state index in [-0.39, 0.29) is 30.0 Å². The number of rotatable bonds is 7. The van der Waals surface area contributed by atoms with E-state index in [1.807, 2.05) is 30.3 Å². The highest BCUT2D eigenvalue weighted by atomic mass is 19.1. The predicted molar refractivity (Wildman–Crippen MR) is 121 cm³/mol. The van der Waals surface area contributed by atoms with Crippen LogP contribution in [0.5, 0.6) is 0 Å². The van der Waals surface area contributed by atoms with Gasteiger partial charge in [-0.25, -0.2) is 4.39 Å². The number of nitrogens with zero attached hydrogens (tertiary/aromatic N) is 1. The van der Waals surface area contributed by atoms with Crippen LogP contribution in [0.4, 0.5) is 10.1 Å². The van der Waals surface area contributed by atoms with E-state index in [4.69, 9.17) is 5.73 Å². The van der Waals surface area contributed by atoms with Crippen molar-refractivity contribution in [2.45, 2.75) is 24.9 Å². The van der Waals surface area contributed by atoms with Gasteiger partial charge in [-0.2, -0.15) is 0 Å². The first-order valence-corrected chi connectivity index (χ1v) is 10.7. The lowest BCUT2D eigenvalue weighted by atomic mass is 10.0. The molecule has 5 N–H and O–H groups in total. The molecule has 0 spiro atoms. The standard InChI is InChI=1S/C24H26FN5O2/c25-18-7-5-15(6-8-18)9-22(30-23(31)21-10-16(12-26)13-27-21)24(32)29-19-11-17-3-1-2-4-20(17)28-14-19/h1-8,11,14,16,21-22,27H,9-10,12-13,26H2,(H,29,32)(H,30,31)/t16-,21+,22-/m1/s1. The zero-order valence-electron chi connectivity index (χ0n) is 17.6. The van der Waals surface area contributed by atoms with E-state index in [9.17, 15) is 14.0 Å². The molecule has 0 radical (unpaired) electrons. The van der Waals surface area contributed by atoms with Crippen molar-refractivity contribution >= 4 is 28.4 Å². The van der Waals surface area contributed by atoms with Crippen LogP contribution in [0.1, 0.15) is 12.0 Å². The van der Waals surface area contributed by atoms with Crippen molar-refractivity contribution in [1.82, 2.24) is 15.6 Å². The minimum Gasteiger partial charge on any atom is -0.343 e. The van der Waals surface area contributed by atoms with Crippen molar-refractivity contribution in [3.05, 3.63) is 72.2 Å². The molecule has 2 heterocycles. The summed E-state index contributed by atoms with van der Waals surface area (Å²) in [6, 6.07) is 14.1.